The Bertz CT molecular complexity index is 961. The number of nitrogens with zero attached hydrogens (tertiary/aromatic N) is 2. The standard InChI is InChI=1S/C24H34N2O7S/c1-25(15-18-9-12-33-13-10-18)22(27)14-20(23(28)26-11-5-8-21(26)24(29)30)17-34(31,32)16-19-6-3-2-4-7-19/h2-4,6-7,18,20-21H,5,8-17H2,1H3,(H,29,30)/t20-,21-/m0/s1. The Hall–Kier alpha value is -2.46. The second-order valence-corrected chi connectivity index (χ2v) is 11.4. The molecule has 34 heavy (non-hydrogen) atoms. The Kier molecular flexibility index (Phi) is 9.07. The number of amides is 2. The summed E-state index contributed by atoms with van der Waals surface area (Å²) >= 11 is 0. The van der Waals surface area contributed by atoms with E-state index < -0.39 is 39.4 Å². The van der Waals surface area contributed by atoms with Crippen molar-refractivity contribution in [2.45, 2.75) is 43.9 Å². The van der Waals surface area contributed by atoms with Crippen molar-refractivity contribution in [3.8, 4) is 0 Å². The number of hydrogen-bond donors (Lipinski definition) is 1. The molecule has 2 fully saturated rings. The average Bonchev–Trinajstić information content (AvgIpc) is 3.29. The lowest BCUT2D eigenvalue weighted by Crippen LogP contribution is -2.46. The molecule has 1 aromatic rings. The van der Waals surface area contributed by atoms with Gasteiger partial charge >= 0.3 is 5.97 Å². The Morgan fingerprint density at radius 3 is 2.47 bits per heavy atom. The molecule has 0 spiro atoms. The lowest BCUT2D eigenvalue weighted by atomic mass is 9.99. The second-order valence-electron chi connectivity index (χ2n) is 9.30. The summed E-state index contributed by atoms with van der Waals surface area (Å²) in [6.45, 7) is 2.06. The number of rotatable bonds is 10. The van der Waals surface area contributed by atoms with Crippen LogP contribution in [0.5, 0.6) is 0 Å². The molecule has 0 radical (unpaired) electrons. The Balaban J connectivity index is 1.74. The van der Waals surface area contributed by atoms with Crippen LogP contribution in [0.1, 0.15) is 37.7 Å². The minimum absolute atomic E-state index is 0.244. The summed E-state index contributed by atoms with van der Waals surface area (Å²) in [5, 5.41) is 9.50. The molecule has 10 heteroatoms. The molecule has 0 bridgehead atoms. The Labute approximate surface area is 201 Å². The van der Waals surface area contributed by atoms with Gasteiger partial charge in [0.1, 0.15) is 6.04 Å². The quantitative estimate of drug-likeness (QED) is 0.524. The van der Waals surface area contributed by atoms with Crippen LogP contribution in [-0.4, -0.2) is 86.3 Å². The largest absolute Gasteiger partial charge is 0.480 e. The van der Waals surface area contributed by atoms with Crippen LogP contribution in [0, 0.1) is 11.8 Å². The van der Waals surface area contributed by atoms with Crippen molar-refractivity contribution < 1.29 is 32.6 Å². The number of carbonyl (C=O) groups excluding carboxylic acids is 2. The van der Waals surface area contributed by atoms with Gasteiger partial charge in [-0.1, -0.05) is 30.3 Å². The first-order valence-corrected chi connectivity index (χ1v) is 13.6. The van der Waals surface area contributed by atoms with Crippen LogP contribution >= 0.6 is 0 Å². The van der Waals surface area contributed by atoms with Crippen LogP contribution in [0.3, 0.4) is 0 Å². The molecule has 0 aliphatic carbocycles. The fraction of sp³-hybridized carbons (Fsp3) is 0.625. The highest BCUT2D eigenvalue weighted by molar-refractivity contribution is 7.90. The third kappa shape index (κ3) is 7.27. The number of carboxylic acid groups (broad SMARTS) is 1. The number of aliphatic carboxylic acids is 1. The van der Waals surface area contributed by atoms with Gasteiger partial charge in [0.05, 0.1) is 17.4 Å². The van der Waals surface area contributed by atoms with Crippen molar-refractivity contribution >= 4 is 27.6 Å². The number of carbonyl (C=O) groups is 3. The lowest BCUT2D eigenvalue weighted by molar-refractivity contribution is -0.150. The molecule has 2 atom stereocenters. The van der Waals surface area contributed by atoms with Crippen LogP contribution in [-0.2, 0) is 34.7 Å². The van der Waals surface area contributed by atoms with Gasteiger partial charge in [0.2, 0.25) is 11.8 Å². The zero-order valence-corrected chi connectivity index (χ0v) is 20.4. The number of hydrogen-bond acceptors (Lipinski definition) is 6. The van der Waals surface area contributed by atoms with Crippen LogP contribution in [0.2, 0.25) is 0 Å². The fourth-order valence-corrected chi connectivity index (χ4v) is 6.41. The summed E-state index contributed by atoms with van der Waals surface area (Å²) in [6.07, 6.45) is 2.28. The van der Waals surface area contributed by atoms with Crippen molar-refractivity contribution in [1.82, 2.24) is 9.80 Å². The molecule has 2 aliphatic rings. The molecule has 0 saturated carbocycles. The van der Waals surface area contributed by atoms with E-state index in [0.717, 1.165) is 12.8 Å². The Morgan fingerprint density at radius 2 is 1.82 bits per heavy atom. The van der Waals surface area contributed by atoms with E-state index in [2.05, 4.69) is 0 Å². The van der Waals surface area contributed by atoms with Crippen molar-refractivity contribution in [3.63, 3.8) is 0 Å². The molecular formula is C24H34N2O7S. The van der Waals surface area contributed by atoms with Gasteiger partial charge in [-0.25, -0.2) is 13.2 Å². The number of sulfone groups is 1. The van der Waals surface area contributed by atoms with E-state index in [4.69, 9.17) is 4.74 Å². The highest BCUT2D eigenvalue weighted by atomic mass is 32.2. The third-order valence-electron chi connectivity index (χ3n) is 6.57. The van der Waals surface area contributed by atoms with Crippen molar-refractivity contribution in [3.05, 3.63) is 35.9 Å². The highest BCUT2D eigenvalue weighted by Gasteiger charge is 2.39. The first-order valence-electron chi connectivity index (χ1n) is 11.8. The van der Waals surface area contributed by atoms with Gasteiger partial charge < -0.3 is 19.6 Å². The van der Waals surface area contributed by atoms with Crippen molar-refractivity contribution in [2.75, 3.05) is 39.1 Å². The van der Waals surface area contributed by atoms with Gasteiger partial charge in [-0.2, -0.15) is 0 Å². The predicted octanol–water partition coefficient (Wildman–Crippen LogP) is 1.57. The number of carboxylic acids is 1. The van der Waals surface area contributed by atoms with Crippen LogP contribution in [0.4, 0.5) is 0 Å². The van der Waals surface area contributed by atoms with Gasteiger partial charge in [-0.05, 0) is 37.2 Å². The maximum atomic E-state index is 13.3. The fourth-order valence-electron chi connectivity index (χ4n) is 4.72. The first-order chi connectivity index (χ1) is 16.2. The van der Waals surface area contributed by atoms with Gasteiger partial charge in [-0.3, -0.25) is 9.59 Å². The smallest absolute Gasteiger partial charge is 0.326 e. The summed E-state index contributed by atoms with van der Waals surface area (Å²) in [6, 6.07) is 7.68. The van der Waals surface area contributed by atoms with Crippen molar-refractivity contribution in [2.24, 2.45) is 11.8 Å². The van der Waals surface area contributed by atoms with E-state index in [-0.39, 0.29) is 24.6 Å². The van der Waals surface area contributed by atoms with E-state index in [9.17, 15) is 27.9 Å². The minimum Gasteiger partial charge on any atom is -0.480 e. The first kappa shape index (κ1) is 26.2. The van der Waals surface area contributed by atoms with Crippen LogP contribution in [0.15, 0.2) is 30.3 Å². The molecule has 0 unspecified atom stereocenters. The molecule has 2 saturated heterocycles. The van der Waals surface area contributed by atoms with E-state index >= 15 is 0 Å². The van der Waals surface area contributed by atoms with E-state index in [1.165, 1.54) is 4.90 Å². The highest BCUT2D eigenvalue weighted by Crippen LogP contribution is 2.24. The topological polar surface area (TPSA) is 121 Å². The minimum atomic E-state index is -3.73. The maximum Gasteiger partial charge on any atom is 0.326 e. The molecule has 1 N–H and O–H groups in total. The maximum absolute atomic E-state index is 13.3. The Morgan fingerprint density at radius 1 is 1.15 bits per heavy atom. The van der Waals surface area contributed by atoms with E-state index in [0.29, 0.717) is 44.1 Å². The second kappa shape index (κ2) is 11.8. The summed E-state index contributed by atoms with van der Waals surface area (Å²) in [4.78, 5) is 40.8. The van der Waals surface area contributed by atoms with E-state index in [1.807, 2.05) is 0 Å². The predicted molar refractivity (Wildman–Crippen MR) is 126 cm³/mol. The molecule has 2 heterocycles. The molecule has 3 rings (SSSR count). The van der Waals surface area contributed by atoms with Gasteiger partial charge in [0.25, 0.3) is 0 Å². The van der Waals surface area contributed by atoms with Crippen LogP contribution < -0.4 is 0 Å². The molecule has 188 valence electrons. The molecule has 9 nitrogen and oxygen atoms in total. The van der Waals surface area contributed by atoms with E-state index in [1.54, 1.807) is 42.3 Å². The third-order valence-corrected chi connectivity index (χ3v) is 8.26. The van der Waals surface area contributed by atoms with Crippen molar-refractivity contribution in [1.29, 1.82) is 0 Å². The molecule has 1 aromatic carbocycles. The molecular weight excluding hydrogens is 460 g/mol. The zero-order valence-electron chi connectivity index (χ0n) is 19.6. The summed E-state index contributed by atoms with van der Waals surface area (Å²) < 4.78 is 31.3. The number of likely N-dealkylation sites (tertiary alicyclic amines) is 1. The van der Waals surface area contributed by atoms with Crippen LogP contribution in [0.25, 0.3) is 0 Å². The molecule has 2 aliphatic heterocycles. The zero-order chi connectivity index (χ0) is 24.7. The average molecular weight is 495 g/mol. The number of ether oxygens (including phenoxy) is 1. The molecule has 0 aromatic heterocycles. The summed E-state index contributed by atoms with van der Waals surface area (Å²) in [5.41, 5.74) is 0.598. The number of benzene rings is 1. The monoisotopic (exact) mass is 494 g/mol. The SMILES string of the molecule is CN(CC1CCOCC1)C(=O)C[C@@H](CS(=O)(=O)Cc1ccccc1)C(=O)N1CCC[C@H]1C(=O)O. The normalized spacial score (nSPS) is 20.1. The lowest BCUT2D eigenvalue weighted by Gasteiger charge is -2.30. The van der Waals surface area contributed by atoms with Gasteiger partial charge in [0, 0.05) is 39.8 Å². The molecule has 2 amide bonds. The van der Waals surface area contributed by atoms with Gasteiger partial charge in [0.15, 0.2) is 9.84 Å². The summed E-state index contributed by atoms with van der Waals surface area (Å²) in [7, 11) is -2.07. The van der Waals surface area contributed by atoms with Gasteiger partial charge in [-0.15, -0.1) is 0 Å². The summed E-state index contributed by atoms with van der Waals surface area (Å²) in [5.74, 6) is -3.57.